The predicted molar refractivity (Wildman–Crippen MR) is 72.6 cm³/mol. The Balaban J connectivity index is 2.27. The van der Waals surface area contributed by atoms with Gasteiger partial charge in [-0.05, 0) is 32.0 Å². The first kappa shape index (κ1) is 15.8. The number of ketones is 1. The highest BCUT2D eigenvalue weighted by atomic mass is 19.1. The van der Waals surface area contributed by atoms with E-state index in [1.807, 2.05) is 0 Å². The van der Waals surface area contributed by atoms with Crippen LogP contribution in [0.2, 0.25) is 0 Å². The van der Waals surface area contributed by atoms with E-state index in [1.165, 1.54) is 13.0 Å². The lowest BCUT2D eigenvalue weighted by molar-refractivity contribution is -0.151. The van der Waals surface area contributed by atoms with Crippen molar-refractivity contribution in [3.05, 3.63) is 35.1 Å². The van der Waals surface area contributed by atoms with E-state index >= 15 is 0 Å². The molecule has 1 heterocycles. The number of ether oxygens (including phenoxy) is 1. The molecule has 1 aromatic carbocycles. The van der Waals surface area contributed by atoms with Gasteiger partial charge in [0.25, 0.3) is 11.8 Å². The molecule has 116 valence electrons. The Morgan fingerprint density at radius 1 is 1.23 bits per heavy atom. The molecule has 0 fully saturated rings. The second-order valence-corrected chi connectivity index (χ2v) is 4.83. The number of Topliss-reactive ketones (excluding diaryl/α,β-unsaturated/α-hetero) is 1. The van der Waals surface area contributed by atoms with E-state index in [4.69, 9.17) is 4.74 Å². The molecule has 0 N–H and O–H groups in total. The molecule has 1 aliphatic rings. The number of carbonyl (C=O) groups is 4. The number of amides is 2. The topological polar surface area (TPSA) is 80.8 Å². The van der Waals surface area contributed by atoms with E-state index in [2.05, 4.69) is 0 Å². The third kappa shape index (κ3) is 2.74. The zero-order valence-electron chi connectivity index (χ0n) is 12.1. The number of hydrogen-bond donors (Lipinski definition) is 0. The van der Waals surface area contributed by atoms with Crippen molar-refractivity contribution < 1.29 is 28.3 Å². The second kappa shape index (κ2) is 6.05. The average molecular weight is 307 g/mol. The molecule has 1 atom stereocenters. The zero-order chi connectivity index (χ0) is 16.4. The molecule has 0 saturated carbocycles. The molecule has 0 spiro atoms. The molecule has 0 aromatic heterocycles. The summed E-state index contributed by atoms with van der Waals surface area (Å²) in [6, 6.07) is 3.24. The fourth-order valence-electron chi connectivity index (χ4n) is 2.22. The van der Waals surface area contributed by atoms with Crippen molar-refractivity contribution in [3.8, 4) is 0 Å². The molecular formula is C15H14FNO5. The Morgan fingerprint density at radius 3 is 2.45 bits per heavy atom. The van der Waals surface area contributed by atoms with Crippen molar-refractivity contribution in [2.75, 3.05) is 13.2 Å². The average Bonchev–Trinajstić information content (AvgIpc) is 2.68. The summed E-state index contributed by atoms with van der Waals surface area (Å²) in [5.74, 6) is -4.58. The largest absolute Gasteiger partial charge is 0.465 e. The van der Waals surface area contributed by atoms with Crippen LogP contribution in [0.5, 0.6) is 0 Å². The Morgan fingerprint density at radius 2 is 1.86 bits per heavy atom. The number of fused-ring (bicyclic) bond motifs is 1. The molecule has 2 rings (SSSR count). The number of carbonyl (C=O) groups excluding carboxylic acids is 4. The highest BCUT2D eigenvalue weighted by Gasteiger charge is 2.39. The van der Waals surface area contributed by atoms with Crippen molar-refractivity contribution in [1.82, 2.24) is 4.90 Å². The standard InChI is InChI=1S/C15H14FNO5/c1-3-22-15(21)12(8(2)18)7-17-13(19)10-5-4-9(16)6-11(10)14(17)20/h4-6,12H,3,7H2,1-2H3/t12-/m0/s1. The maximum Gasteiger partial charge on any atom is 0.318 e. The van der Waals surface area contributed by atoms with Crippen LogP contribution in [-0.4, -0.2) is 41.6 Å². The Kier molecular flexibility index (Phi) is 4.35. The summed E-state index contributed by atoms with van der Waals surface area (Å²) >= 11 is 0. The molecule has 22 heavy (non-hydrogen) atoms. The molecule has 2 amide bonds. The van der Waals surface area contributed by atoms with Crippen LogP contribution in [0.15, 0.2) is 18.2 Å². The lowest BCUT2D eigenvalue weighted by atomic mass is 10.1. The zero-order valence-corrected chi connectivity index (χ0v) is 12.1. The van der Waals surface area contributed by atoms with Gasteiger partial charge in [0, 0.05) is 6.54 Å². The Labute approximate surface area is 125 Å². The lowest BCUT2D eigenvalue weighted by Crippen LogP contribution is -2.40. The fourth-order valence-corrected chi connectivity index (χ4v) is 2.22. The molecule has 7 heteroatoms. The van der Waals surface area contributed by atoms with Gasteiger partial charge >= 0.3 is 5.97 Å². The van der Waals surface area contributed by atoms with Crippen molar-refractivity contribution in [3.63, 3.8) is 0 Å². The molecular weight excluding hydrogens is 293 g/mol. The van der Waals surface area contributed by atoms with E-state index in [1.54, 1.807) is 6.92 Å². The van der Waals surface area contributed by atoms with Crippen molar-refractivity contribution >= 4 is 23.6 Å². The molecule has 1 aliphatic heterocycles. The highest BCUT2D eigenvalue weighted by Crippen LogP contribution is 2.24. The van der Waals surface area contributed by atoms with Crippen LogP contribution in [-0.2, 0) is 14.3 Å². The van der Waals surface area contributed by atoms with Crippen LogP contribution < -0.4 is 0 Å². The lowest BCUT2D eigenvalue weighted by Gasteiger charge is -2.19. The van der Waals surface area contributed by atoms with E-state index in [9.17, 15) is 23.6 Å². The minimum atomic E-state index is -1.24. The fraction of sp³-hybridized carbons (Fsp3) is 0.333. The van der Waals surface area contributed by atoms with Crippen LogP contribution in [0.4, 0.5) is 4.39 Å². The van der Waals surface area contributed by atoms with E-state index < -0.39 is 41.8 Å². The van der Waals surface area contributed by atoms with Crippen LogP contribution in [0, 0.1) is 11.7 Å². The van der Waals surface area contributed by atoms with E-state index in [0.29, 0.717) is 0 Å². The van der Waals surface area contributed by atoms with Gasteiger partial charge in [0.1, 0.15) is 17.5 Å². The maximum absolute atomic E-state index is 13.2. The van der Waals surface area contributed by atoms with Crippen LogP contribution in [0.25, 0.3) is 0 Å². The van der Waals surface area contributed by atoms with Crippen molar-refractivity contribution in [2.24, 2.45) is 5.92 Å². The summed E-state index contributed by atoms with van der Waals surface area (Å²) < 4.78 is 18.0. The number of halogens is 1. The number of rotatable bonds is 5. The van der Waals surface area contributed by atoms with Gasteiger partial charge < -0.3 is 4.74 Å². The minimum Gasteiger partial charge on any atom is -0.465 e. The van der Waals surface area contributed by atoms with Crippen LogP contribution in [0.3, 0.4) is 0 Å². The number of esters is 1. The summed E-state index contributed by atoms with van der Waals surface area (Å²) in [4.78, 5) is 48.5. The van der Waals surface area contributed by atoms with Gasteiger partial charge in [-0.3, -0.25) is 24.1 Å². The minimum absolute atomic E-state index is 0.0533. The SMILES string of the molecule is CCOC(=O)[C@@H](CN1C(=O)c2ccc(F)cc2C1=O)C(C)=O. The summed E-state index contributed by atoms with van der Waals surface area (Å²) in [7, 11) is 0. The molecule has 0 radical (unpaired) electrons. The van der Waals surface area contributed by atoms with Crippen LogP contribution in [0.1, 0.15) is 34.6 Å². The van der Waals surface area contributed by atoms with Crippen LogP contribution >= 0.6 is 0 Å². The third-order valence-electron chi connectivity index (χ3n) is 3.36. The molecule has 0 bridgehead atoms. The summed E-state index contributed by atoms with van der Waals surface area (Å²) in [5, 5.41) is 0. The Bertz CT molecular complexity index is 670. The monoisotopic (exact) mass is 307 g/mol. The Hall–Kier alpha value is -2.57. The number of nitrogens with zero attached hydrogens (tertiary/aromatic N) is 1. The number of benzene rings is 1. The predicted octanol–water partition coefficient (Wildman–Crippen LogP) is 1.19. The summed E-state index contributed by atoms with van der Waals surface area (Å²) in [6.07, 6.45) is 0. The molecule has 0 unspecified atom stereocenters. The molecule has 1 aromatic rings. The number of imide groups is 1. The molecule has 0 aliphatic carbocycles. The normalized spacial score (nSPS) is 14.8. The smallest absolute Gasteiger partial charge is 0.318 e. The van der Waals surface area contributed by atoms with E-state index in [-0.39, 0.29) is 17.7 Å². The molecule has 0 saturated heterocycles. The van der Waals surface area contributed by atoms with Gasteiger partial charge in [-0.15, -0.1) is 0 Å². The maximum atomic E-state index is 13.2. The first-order valence-electron chi connectivity index (χ1n) is 6.69. The summed E-state index contributed by atoms with van der Waals surface area (Å²) in [5.41, 5.74) is -0.0197. The highest BCUT2D eigenvalue weighted by molar-refractivity contribution is 6.21. The van der Waals surface area contributed by atoms with Gasteiger partial charge in [0.05, 0.1) is 17.7 Å². The summed E-state index contributed by atoms with van der Waals surface area (Å²) in [6.45, 7) is 2.43. The quantitative estimate of drug-likeness (QED) is 0.464. The molecule has 6 nitrogen and oxygen atoms in total. The van der Waals surface area contributed by atoms with Gasteiger partial charge in [-0.1, -0.05) is 0 Å². The van der Waals surface area contributed by atoms with Gasteiger partial charge in [0.2, 0.25) is 0 Å². The second-order valence-electron chi connectivity index (χ2n) is 4.83. The van der Waals surface area contributed by atoms with Gasteiger partial charge in [-0.25, -0.2) is 4.39 Å². The first-order valence-corrected chi connectivity index (χ1v) is 6.69. The van der Waals surface area contributed by atoms with Crippen molar-refractivity contribution in [1.29, 1.82) is 0 Å². The van der Waals surface area contributed by atoms with Gasteiger partial charge in [0.15, 0.2) is 0 Å². The first-order chi connectivity index (χ1) is 10.4. The third-order valence-corrected chi connectivity index (χ3v) is 3.36. The van der Waals surface area contributed by atoms with Gasteiger partial charge in [-0.2, -0.15) is 0 Å². The van der Waals surface area contributed by atoms with Crippen molar-refractivity contribution in [2.45, 2.75) is 13.8 Å². The number of hydrogen-bond acceptors (Lipinski definition) is 5. The van der Waals surface area contributed by atoms with E-state index in [0.717, 1.165) is 17.0 Å².